The third-order valence-electron chi connectivity index (χ3n) is 13.5. The molecule has 0 aliphatic carbocycles. The standard InChI is InChI=1S/C50H66Cl2N2SSi2/c1-33(2)56(34(3)4,35(5)6)53-29-43(27-39-19-23-45(51)24-20-39)49-41(15-13-17-47(49)53)31-55-32-42-16-14-18-48-50(42)44(28-40-21-25-46(52)26-22-40)30-54(48)57(36(7)8,37(9)10)38(11)12/h13-26,29-30,33-38H,27-28,31-32H2,1-12H3. The Morgan fingerprint density at radius 1 is 0.439 bits per heavy atom. The lowest BCUT2D eigenvalue weighted by molar-refractivity contribution is 0.772. The van der Waals surface area contributed by atoms with Gasteiger partial charge < -0.3 is 8.47 Å². The van der Waals surface area contributed by atoms with E-state index >= 15 is 0 Å². The van der Waals surface area contributed by atoms with E-state index in [0.717, 1.165) is 34.4 Å². The molecular weight excluding hydrogens is 788 g/mol. The molecule has 0 N–H and O–H groups in total. The first-order chi connectivity index (χ1) is 27.0. The average Bonchev–Trinajstić information content (AvgIpc) is 3.69. The maximum Gasteiger partial charge on any atom is 0.169 e. The summed E-state index contributed by atoms with van der Waals surface area (Å²) >= 11 is 14.8. The number of thioether (sulfide) groups is 1. The van der Waals surface area contributed by atoms with Gasteiger partial charge in [-0.3, -0.25) is 0 Å². The molecular formula is C50H66Cl2N2SSi2. The summed E-state index contributed by atoms with van der Waals surface area (Å²) in [6, 6.07) is 31.2. The number of aromatic nitrogens is 2. The van der Waals surface area contributed by atoms with Crippen molar-refractivity contribution >= 4 is 73.2 Å². The summed E-state index contributed by atoms with van der Waals surface area (Å²) in [7, 11) is -4.02. The van der Waals surface area contributed by atoms with E-state index in [9.17, 15) is 0 Å². The highest BCUT2D eigenvalue weighted by atomic mass is 35.5. The summed E-state index contributed by atoms with van der Waals surface area (Å²) in [5, 5.41) is 4.48. The molecule has 304 valence electrons. The van der Waals surface area contributed by atoms with Crippen LogP contribution in [-0.4, -0.2) is 24.9 Å². The summed E-state index contributed by atoms with van der Waals surface area (Å²) in [5.74, 6) is 1.92. The maximum absolute atomic E-state index is 6.36. The Balaban J connectivity index is 1.45. The van der Waals surface area contributed by atoms with Gasteiger partial charge in [-0.2, -0.15) is 11.8 Å². The number of halogens is 2. The molecule has 0 spiro atoms. The van der Waals surface area contributed by atoms with E-state index in [4.69, 9.17) is 23.2 Å². The molecule has 7 heteroatoms. The second kappa shape index (κ2) is 17.9. The van der Waals surface area contributed by atoms with E-state index in [-0.39, 0.29) is 0 Å². The lowest BCUT2D eigenvalue weighted by Gasteiger charge is -2.44. The Labute approximate surface area is 360 Å². The number of hydrogen-bond donors (Lipinski definition) is 0. The van der Waals surface area contributed by atoms with Crippen molar-refractivity contribution in [2.24, 2.45) is 0 Å². The first-order valence-corrected chi connectivity index (χ1v) is 27.6. The molecule has 6 rings (SSSR count). The van der Waals surface area contributed by atoms with Gasteiger partial charge in [0.1, 0.15) is 0 Å². The van der Waals surface area contributed by atoms with Crippen molar-refractivity contribution in [2.45, 2.75) is 141 Å². The van der Waals surface area contributed by atoms with E-state index < -0.39 is 16.5 Å². The Hall–Kier alpha value is -2.68. The zero-order chi connectivity index (χ0) is 41.4. The molecule has 0 saturated heterocycles. The fourth-order valence-electron chi connectivity index (χ4n) is 11.6. The predicted molar refractivity (Wildman–Crippen MR) is 260 cm³/mol. The van der Waals surface area contributed by atoms with Crippen LogP contribution in [0.15, 0.2) is 97.3 Å². The minimum Gasteiger partial charge on any atom is -0.373 e. The number of rotatable bonds is 16. The molecule has 0 amide bonds. The van der Waals surface area contributed by atoms with Gasteiger partial charge in [0, 0.05) is 43.4 Å². The molecule has 4 aromatic carbocycles. The molecule has 0 bridgehead atoms. The van der Waals surface area contributed by atoms with Crippen LogP contribution < -0.4 is 0 Å². The normalized spacial score (nSPS) is 13.0. The first kappa shape index (κ1) is 43.9. The molecule has 0 aliphatic rings. The lowest BCUT2D eigenvalue weighted by Crippen LogP contribution is -2.51. The molecule has 2 aromatic heterocycles. The van der Waals surface area contributed by atoms with Crippen LogP contribution in [0.2, 0.25) is 43.3 Å². The SMILES string of the molecule is CC(C)[Si](C(C)C)(C(C)C)n1cc(Cc2ccc(Cl)cc2)c2c(CSCc3cccc4c3c(Cc3ccc(Cl)cc3)cn4[Si](C(C)C)(C(C)C)C(C)C)cccc21. The van der Waals surface area contributed by atoms with E-state index in [1.54, 1.807) is 0 Å². The topological polar surface area (TPSA) is 9.86 Å². The zero-order valence-electron chi connectivity index (χ0n) is 36.6. The first-order valence-electron chi connectivity index (χ1n) is 21.4. The smallest absolute Gasteiger partial charge is 0.169 e. The Morgan fingerprint density at radius 2 is 0.754 bits per heavy atom. The van der Waals surface area contributed by atoms with Gasteiger partial charge in [0.15, 0.2) is 16.5 Å². The van der Waals surface area contributed by atoms with Crippen LogP contribution in [0, 0.1) is 0 Å². The summed E-state index contributed by atoms with van der Waals surface area (Å²) in [4.78, 5) is 0. The molecule has 2 nitrogen and oxygen atoms in total. The summed E-state index contributed by atoms with van der Waals surface area (Å²) < 4.78 is 5.64. The third kappa shape index (κ3) is 8.14. The van der Waals surface area contributed by atoms with Crippen molar-refractivity contribution in [3.63, 3.8) is 0 Å². The van der Waals surface area contributed by atoms with E-state index in [0.29, 0.717) is 33.2 Å². The molecule has 2 heterocycles. The van der Waals surface area contributed by atoms with Crippen molar-refractivity contribution in [2.75, 3.05) is 0 Å². The van der Waals surface area contributed by atoms with Gasteiger partial charge in [-0.05, 0) is 128 Å². The van der Waals surface area contributed by atoms with Crippen LogP contribution >= 0.6 is 35.0 Å². The zero-order valence-corrected chi connectivity index (χ0v) is 40.9. The van der Waals surface area contributed by atoms with Crippen LogP contribution in [-0.2, 0) is 24.3 Å². The second-order valence-electron chi connectivity index (χ2n) is 18.5. The van der Waals surface area contributed by atoms with Crippen LogP contribution in [0.3, 0.4) is 0 Å². The molecule has 6 aromatic rings. The summed E-state index contributed by atoms with van der Waals surface area (Å²) in [6.45, 7) is 29.7. The minimum absolute atomic E-state index is 0.605. The number of nitrogens with zero attached hydrogens (tertiary/aromatic N) is 2. The number of hydrogen-bond acceptors (Lipinski definition) is 1. The van der Waals surface area contributed by atoms with Crippen molar-refractivity contribution in [3.05, 3.63) is 141 Å². The van der Waals surface area contributed by atoms with Crippen molar-refractivity contribution in [1.29, 1.82) is 0 Å². The van der Waals surface area contributed by atoms with E-state index in [2.05, 4.69) is 176 Å². The largest absolute Gasteiger partial charge is 0.373 e. The van der Waals surface area contributed by atoms with Gasteiger partial charge in [-0.25, -0.2) is 0 Å². The molecule has 57 heavy (non-hydrogen) atoms. The molecule has 0 unspecified atom stereocenters. The highest BCUT2D eigenvalue weighted by molar-refractivity contribution is 7.97. The molecule has 0 atom stereocenters. The van der Waals surface area contributed by atoms with Gasteiger partial charge >= 0.3 is 0 Å². The summed E-state index contributed by atoms with van der Waals surface area (Å²) in [6.07, 6.45) is 6.94. The van der Waals surface area contributed by atoms with E-state index in [1.807, 2.05) is 24.3 Å². The van der Waals surface area contributed by atoms with Crippen LogP contribution in [0.4, 0.5) is 0 Å². The summed E-state index contributed by atoms with van der Waals surface area (Å²) in [5.41, 5.74) is 14.8. The number of benzene rings is 4. The molecule has 0 fully saturated rings. The maximum atomic E-state index is 6.36. The highest BCUT2D eigenvalue weighted by Gasteiger charge is 2.47. The monoisotopic (exact) mass is 852 g/mol. The lowest BCUT2D eigenvalue weighted by atomic mass is 10.0. The van der Waals surface area contributed by atoms with Crippen LogP contribution in [0.25, 0.3) is 21.8 Å². The van der Waals surface area contributed by atoms with Crippen LogP contribution in [0.5, 0.6) is 0 Å². The quantitative estimate of drug-likeness (QED) is 0.0882. The van der Waals surface area contributed by atoms with Gasteiger partial charge in [0.25, 0.3) is 0 Å². The Kier molecular flexibility index (Phi) is 13.8. The van der Waals surface area contributed by atoms with Crippen molar-refractivity contribution in [1.82, 2.24) is 8.47 Å². The fourth-order valence-corrected chi connectivity index (χ4v) is 26.2. The predicted octanol–water partition coefficient (Wildman–Crippen LogP) is 16.6. The fraction of sp³-hybridized carbons (Fsp3) is 0.440. The van der Waals surface area contributed by atoms with Crippen molar-refractivity contribution in [3.8, 4) is 0 Å². The van der Waals surface area contributed by atoms with Crippen molar-refractivity contribution < 1.29 is 0 Å². The minimum atomic E-state index is -2.01. The third-order valence-corrected chi connectivity index (χ3v) is 28.5. The van der Waals surface area contributed by atoms with E-state index in [1.165, 1.54) is 55.2 Å². The average molecular weight is 854 g/mol. The van der Waals surface area contributed by atoms with Crippen LogP contribution in [0.1, 0.15) is 116 Å². The molecule has 0 radical (unpaired) electrons. The number of fused-ring (bicyclic) bond motifs is 2. The van der Waals surface area contributed by atoms with Gasteiger partial charge in [0.05, 0.1) is 0 Å². The highest BCUT2D eigenvalue weighted by Crippen LogP contribution is 2.47. The Bertz CT molecular complexity index is 2080. The second-order valence-corrected chi connectivity index (χ2v) is 31.8. The molecule has 0 aliphatic heterocycles. The Morgan fingerprint density at radius 3 is 1.05 bits per heavy atom. The van der Waals surface area contributed by atoms with Gasteiger partial charge in [-0.1, -0.05) is 155 Å². The van der Waals surface area contributed by atoms with Gasteiger partial charge in [0.2, 0.25) is 0 Å². The van der Waals surface area contributed by atoms with Gasteiger partial charge in [-0.15, -0.1) is 0 Å². The molecule has 0 saturated carbocycles.